The molecule has 18 heavy (non-hydrogen) atoms. The lowest BCUT2D eigenvalue weighted by Crippen LogP contribution is -2.24. The van der Waals surface area contributed by atoms with E-state index in [1.165, 1.54) is 18.6 Å². The lowest BCUT2D eigenvalue weighted by atomic mass is 10.1. The third-order valence-corrected chi connectivity index (χ3v) is 3.25. The molecule has 0 radical (unpaired) electrons. The van der Waals surface area contributed by atoms with Crippen LogP contribution in [0.25, 0.3) is 0 Å². The second-order valence-electron chi connectivity index (χ2n) is 4.70. The van der Waals surface area contributed by atoms with Crippen molar-refractivity contribution in [1.82, 2.24) is 10.2 Å². The highest BCUT2D eigenvalue weighted by Gasteiger charge is 2.21. The zero-order valence-corrected chi connectivity index (χ0v) is 11.3. The number of nitrogens with one attached hydrogen (secondary N) is 1. The van der Waals surface area contributed by atoms with Gasteiger partial charge in [0.1, 0.15) is 0 Å². The zero-order valence-electron chi connectivity index (χ0n) is 10.5. The molecular weight excluding hydrogens is 258 g/mol. The quantitative estimate of drug-likeness (QED) is 0.909. The number of hydrogen-bond donors (Lipinski definition) is 1. The van der Waals surface area contributed by atoms with Gasteiger partial charge < -0.3 is 5.32 Å². The van der Waals surface area contributed by atoms with Gasteiger partial charge in [0.15, 0.2) is 11.6 Å². The molecule has 1 aromatic rings. The first-order chi connectivity index (χ1) is 8.19. The van der Waals surface area contributed by atoms with E-state index in [1.807, 2.05) is 7.05 Å². The van der Waals surface area contributed by atoms with E-state index in [4.69, 9.17) is 0 Å². The largest absolute Gasteiger partial charge is 0.319 e. The predicted molar refractivity (Wildman–Crippen MR) is 70.9 cm³/mol. The fraction of sp³-hybridized carbons (Fsp3) is 0.538. The Hall–Kier alpha value is -0.710. The molecule has 1 fully saturated rings. The van der Waals surface area contributed by atoms with Crippen molar-refractivity contribution in [2.24, 2.45) is 5.92 Å². The summed E-state index contributed by atoms with van der Waals surface area (Å²) in [6, 6.07) is 4.15. The van der Waals surface area contributed by atoms with Crippen LogP contribution in [0.2, 0.25) is 0 Å². The van der Waals surface area contributed by atoms with E-state index in [2.05, 4.69) is 10.2 Å². The molecule has 1 aliphatic heterocycles. The minimum atomic E-state index is -0.775. The summed E-state index contributed by atoms with van der Waals surface area (Å²) in [6.07, 6.45) is 1.17. The maximum atomic E-state index is 13.0. The van der Waals surface area contributed by atoms with Crippen molar-refractivity contribution in [3.05, 3.63) is 35.4 Å². The van der Waals surface area contributed by atoms with Crippen molar-refractivity contribution in [3.8, 4) is 0 Å². The van der Waals surface area contributed by atoms with Crippen molar-refractivity contribution in [2.45, 2.75) is 13.0 Å². The first-order valence-electron chi connectivity index (χ1n) is 6.00. The zero-order chi connectivity index (χ0) is 12.3. The SMILES string of the molecule is CNCC1CCN(Cc2ccc(F)c(F)c2)C1.Cl. The molecule has 1 atom stereocenters. The average Bonchev–Trinajstić information content (AvgIpc) is 2.72. The van der Waals surface area contributed by atoms with E-state index in [1.54, 1.807) is 6.07 Å². The van der Waals surface area contributed by atoms with Crippen LogP contribution < -0.4 is 5.32 Å². The van der Waals surface area contributed by atoms with Gasteiger partial charge in [0.25, 0.3) is 0 Å². The molecule has 0 bridgehead atoms. The molecule has 0 aliphatic carbocycles. The van der Waals surface area contributed by atoms with Crippen LogP contribution in [0.4, 0.5) is 8.78 Å². The Labute approximate surface area is 113 Å². The summed E-state index contributed by atoms with van der Waals surface area (Å²) >= 11 is 0. The van der Waals surface area contributed by atoms with Crippen molar-refractivity contribution >= 4 is 12.4 Å². The summed E-state index contributed by atoms with van der Waals surface area (Å²) in [5.74, 6) is -0.859. The molecule has 0 aromatic heterocycles. The average molecular weight is 277 g/mol. The van der Waals surface area contributed by atoms with E-state index in [9.17, 15) is 8.78 Å². The molecule has 1 saturated heterocycles. The Kier molecular flexibility index (Phi) is 5.99. The molecule has 2 rings (SSSR count). The maximum Gasteiger partial charge on any atom is 0.159 e. The summed E-state index contributed by atoms with van der Waals surface area (Å²) in [5.41, 5.74) is 0.842. The van der Waals surface area contributed by atoms with Gasteiger partial charge >= 0.3 is 0 Å². The fourth-order valence-electron chi connectivity index (χ4n) is 2.41. The third kappa shape index (κ3) is 3.90. The Bertz CT molecular complexity index is 387. The minimum absolute atomic E-state index is 0. The van der Waals surface area contributed by atoms with Gasteiger partial charge in [-0.3, -0.25) is 4.90 Å². The van der Waals surface area contributed by atoms with Gasteiger partial charge in [-0.25, -0.2) is 8.78 Å². The molecule has 1 aliphatic rings. The number of rotatable bonds is 4. The van der Waals surface area contributed by atoms with Crippen LogP contribution in [0.5, 0.6) is 0 Å². The van der Waals surface area contributed by atoms with Crippen LogP contribution in [0, 0.1) is 17.6 Å². The highest BCUT2D eigenvalue weighted by molar-refractivity contribution is 5.85. The lowest BCUT2D eigenvalue weighted by Gasteiger charge is -2.16. The van der Waals surface area contributed by atoms with E-state index in [-0.39, 0.29) is 12.4 Å². The monoisotopic (exact) mass is 276 g/mol. The maximum absolute atomic E-state index is 13.0. The normalized spacial score (nSPS) is 19.8. The lowest BCUT2D eigenvalue weighted by molar-refractivity contribution is 0.314. The molecule has 0 spiro atoms. The van der Waals surface area contributed by atoms with Gasteiger partial charge in [0.05, 0.1) is 0 Å². The van der Waals surface area contributed by atoms with Crippen molar-refractivity contribution in [1.29, 1.82) is 0 Å². The standard InChI is InChI=1S/C13H18F2N2.ClH/c1-16-7-11-4-5-17(9-11)8-10-2-3-12(14)13(15)6-10;/h2-3,6,11,16H,4-5,7-9H2,1H3;1H. The van der Waals surface area contributed by atoms with Crippen LogP contribution in [0.15, 0.2) is 18.2 Å². The van der Waals surface area contributed by atoms with Crippen LogP contribution in [-0.2, 0) is 6.54 Å². The highest BCUT2D eigenvalue weighted by Crippen LogP contribution is 2.18. The number of halogens is 3. The second-order valence-corrected chi connectivity index (χ2v) is 4.70. The van der Waals surface area contributed by atoms with Crippen molar-refractivity contribution < 1.29 is 8.78 Å². The molecule has 1 N–H and O–H groups in total. The number of nitrogens with zero attached hydrogens (tertiary/aromatic N) is 1. The summed E-state index contributed by atoms with van der Waals surface area (Å²) in [7, 11) is 1.96. The summed E-state index contributed by atoms with van der Waals surface area (Å²) < 4.78 is 25.8. The summed E-state index contributed by atoms with van der Waals surface area (Å²) in [5, 5.41) is 3.17. The third-order valence-electron chi connectivity index (χ3n) is 3.25. The van der Waals surface area contributed by atoms with Crippen molar-refractivity contribution in [2.75, 3.05) is 26.7 Å². The second kappa shape index (κ2) is 7.02. The molecule has 0 amide bonds. The van der Waals surface area contributed by atoms with Gasteiger partial charge in [0.2, 0.25) is 0 Å². The summed E-state index contributed by atoms with van der Waals surface area (Å²) in [6.45, 7) is 3.79. The van der Waals surface area contributed by atoms with Gasteiger partial charge in [-0.05, 0) is 50.2 Å². The Morgan fingerprint density at radius 3 is 2.78 bits per heavy atom. The molecule has 102 valence electrons. The number of hydrogen-bond acceptors (Lipinski definition) is 2. The first-order valence-corrected chi connectivity index (χ1v) is 6.00. The molecule has 1 aromatic carbocycles. The Morgan fingerprint density at radius 1 is 1.33 bits per heavy atom. The Balaban J connectivity index is 0.00000162. The minimum Gasteiger partial charge on any atom is -0.319 e. The summed E-state index contributed by atoms with van der Waals surface area (Å²) in [4.78, 5) is 2.29. The van der Waals surface area contributed by atoms with E-state index < -0.39 is 11.6 Å². The fourth-order valence-corrected chi connectivity index (χ4v) is 2.41. The van der Waals surface area contributed by atoms with Crippen LogP contribution in [-0.4, -0.2) is 31.6 Å². The van der Waals surface area contributed by atoms with E-state index in [0.717, 1.165) is 25.2 Å². The smallest absolute Gasteiger partial charge is 0.159 e. The highest BCUT2D eigenvalue weighted by atomic mass is 35.5. The molecule has 1 unspecified atom stereocenters. The van der Waals surface area contributed by atoms with Crippen LogP contribution in [0.1, 0.15) is 12.0 Å². The first kappa shape index (κ1) is 15.3. The van der Waals surface area contributed by atoms with E-state index >= 15 is 0 Å². The molecule has 2 nitrogen and oxygen atoms in total. The number of benzene rings is 1. The van der Waals surface area contributed by atoms with Gasteiger partial charge in [0, 0.05) is 13.1 Å². The van der Waals surface area contributed by atoms with Crippen molar-refractivity contribution in [3.63, 3.8) is 0 Å². The molecule has 5 heteroatoms. The van der Waals surface area contributed by atoms with E-state index in [0.29, 0.717) is 12.5 Å². The number of likely N-dealkylation sites (tertiary alicyclic amines) is 1. The van der Waals surface area contributed by atoms with Gasteiger partial charge in [-0.2, -0.15) is 0 Å². The van der Waals surface area contributed by atoms with Crippen LogP contribution >= 0.6 is 12.4 Å². The van der Waals surface area contributed by atoms with Gasteiger partial charge in [-0.15, -0.1) is 12.4 Å². The molecule has 1 heterocycles. The topological polar surface area (TPSA) is 15.3 Å². The molecular formula is C13H19ClF2N2. The van der Waals surface area contributed by atoms with Crippen LogP contribution in [0.3, 0.4) is 0 Å². The Morgan fingerprint density at radius 2 is 2.11 bits per heavy atom. The predicted octanol–water partition coefficient (Wildman–Crippen LogP) is 2.43. The molecule has 0 saturated carbocycles. The van der Waals surface area contributed by atoms with Gasteiger partial charge in [-0.1, -0.05) is 6.07 Å².